The second-order valence-electron chi connectivity index (χ2n) is 5.09. The Bertz CT molecular complexity index is 670. The van der Waals surface area contributed by atoms with Crippen LogP contribution < -0.4 is 0 Å². The fourth-order valence-corrected chi connectivity index (χ4v) is 2.73. The summed E-state index contributed by atoms with van der Waals surface area (Å²) in [6, 6.07) is 17.9. The van der Waals surface area contributed by atoms with Gasteiger partial charge in [0, 0.05) is 0 Å². The van der Waals surface area contributed by atoms with Crippen molar-refractivity contribution < 1.29 is 19.4 Å². The standard InChI is InChI=1S/C17H15NO4/c19-14-11-18(17(20)21)15(12-7-3-1-4-8-12)16(22-14)13-9-5-2-6-10-13/h1-10,15-16H,11H2,(H,20,21). The zero-order chi connectivity index (χ0) is 15.5. The summed E-state index contributed by atoms with van der Waals surface area (Å²) in [5.41, 5.74) is 1.57. The van der Waals surface area contributed by atoms with E-state index < -0.39 is 24.2 Å². The van der Waals surface area contributed by atoms with E-state index in [-0.39, 0.29) is 6.54 Å². The minimum absolute atomic E-state index is 0.266. The molecule has 2 aromatic carbocycles. The van der Waals surface area contributed by atoms with Gasteiger partial charge in [-0.15, -0.1) is 0 Å². The van der Waals surface area contributed by atoms with Gasteiger partial charge in [-0.1, -0.05) is 60.7 Å². The molecule has 112 valence electrons. The van der Waals surface area contributed by atoms with E-state index in [1.807, 2.05) is 60.7 Å². The maximum atomic E-state index is 11.8. The van der Waals surface area contributed by atoms with E-state index in [1.165, 1.54) is 0 Å². The van der Waals surface area contributed by atoms with Crippen LogP contribution >= 0.6 is 0 Å². The van der Waals surface area contributed by atoms with E-state index >= 15 is 0 Å². The number of cyclic esters (lactones) is 1. The Morgan fingerprint density at radius 3 is 2.09 bits per heavy atom. The van der Waals surface area contributed by atoms with E-state index in [0.717, 1.165) is 16.0 Å². The van der Waals surface area contributed by atoms with Crippen LogP contribution in [0, 0.1) is 0 Å². The molecule has 1 amide bonds. The quantitative estimate of drug-likeness (QED) is 0.865. The van der Waals surface area contributed by atoms with E-state index in [4.69, 9.17) is 4.74 Å². The third-order valence-corrected chi connectivity index (χ3v) is 3.70. The highest BCUT2D eigenvalue weighted by molar-refractivity contribution is 5.79. The third kappa shape index (κ3) is 2.65. The summed E-state index contributed by atoms with van der Waals surface area (Å²) in [6.45, 7) is -0.266. The Kier molecular flexibility index (Phi) is 3.78. The lowest BCUT2D eigenvalue weighted by molar-refractivity contribution is -0.164. The highest BCUT2D eigenvalue weighted by atomic mass is 16.6. The molecule has 1 saturated heterocycles. The largest absolute Gasteiger partial charge is 0.465 e. The lowest BCUT2D eigenvalue weighted by atomic mass is 9.93. The van der Waals surface area contributed by atoms with Crippen molar-refractivity contribution in [2.24, 2.45) is 0 Å². The molecule has 0 spiro atoms. The number of benzene rings is 2. The average Bonchev–Trinajstić information content (AvgIpc) is 2.55. The fourth-order valence-electron chi connectivity index (χ4n) is 2.73. The van der Waals surface area contributed by atoms with Gasteiger partial charge >= 0.3 is 12.1 Å². The number of carbonyl (C=O) groups is 2. The minimum atomic E-state index is -1.13. The number of carbonyl (C=O) groups excluding carboxylic acids is 1. The van der Waals surface area contributed by atoms with Gasteiger partial charge in [0.25, 0.3) is 0 Å². The van der Waals surface area contributed by atoms with Gasteiger partial charge in [-0.2, -0.15) is 0 Å². The monoisotopic (exact) mass is 297 g/mol. The van der Waals surface area contributed by atoms with Crippen molar-refractivity contribution in [3.05, 3.63) is 71.8 Å². The molecule has 2 unspecified atom stereocenters. The maximum absolute atomic E-state index is 11.8. The van der Waals surface area contributed by atoms with Crippen molar-refractivity contribution in [3.63, 3.8) is 0 Å². The first-order chi connectivity index (χ1) is 10.7. The molecule has 0 saturated carbocycles. The van der Waals surface area contributed by atoms with Crippen LogP contribution in [-0.4, -0.2) is 28.6 Å². The summed E-state index contributed by atoms with van der Waals surface area (Å²) in [4.78, 5) is 24.5. The van der Waals surface area contributed by atoms with Crippen LogP contribution in [-0.2, 0) is 9.53 Å². The number of morpholine rings is 1. The first-order valence-electron chi connectivity index (χ1n) is 6.96. The topological polar surface area (TPSA) is 66.8 Å². The zero-order valence-corrected chi connectivity index (χ0v) is 11.8. The number of ether oxygens (including phenoxy) is 1. The Morgan fingerprint density at radius 2 is 1.55 bits per heavy atom. The molecule has 1 heterocycles. The molecule has 22 heavy (non-hydrogen) atoms. The summed E-state index contributed by atoms with van der Waals surface area (Å²) in [5.74, 6) is -0.538. The lowest BCUT2D eigenvalue weighted by Crippen LogP contribution is -2.46. The van der Waals surface area contributed by atoms with Crippen LogP contribution in [0.1, 0.15) is 23.3 Å². The van der Waals surface area contributed by atoms with Gasteiger partial charge in [-0.3, -0.25) is 9.69 Å². The summed E-state index contributed by atoms with van der Waals surface area (Å²) in [7, 11) is 0. The van der Waals surface area contributed by atoms with Crippen LogP contribution in [0.4, 0.5) is 4.79 Å². The zero-order valence-electron chi connectivity index (χ0n) is 11.8. The van der Waals surface area contributed by atoms with E-state index in [0.29, 0.717) is 0 Å². The van der Waals surface area contributed by atoms with E-state index in [1.54, 1.807) is 0 Å². The normalized spacial score (nSPS) is 21.3. The molecule has 0 bridgehead atoms. The maximum Gasteiger partial charge on any atom is 0.408 e. The van der Waals surface area contributed by atoms with Gasteiger partial charge in [0.15, 0.2) is 6.10 Å². The molecule has 1 fully saturated rings. The number of amides is 1. The highest BCUT2D eigenvalue weighted by Gasteiger charge is 2.41. The van der Waals surface area contributed by atoms with Gasteiger partial charge < -0.3 is 9.84 Å². The predicted octanol–water partition coefficient (Wildman–Crippen LogP) is 3.01. The molecule has 2 aromatic rings. The van der Waals surface area contributed by atoms with Crippen LogP contribution in [0.25, 0.3) is 0 Å². The van der Waals surface area contributed by atoms with Crippen molar-refractivity contribution in [1.29, 1.82) is 0 Å². The smallest absolute Gasteiger partial charge is 0.408 e. The van der Waals surface area contributed by atoms with Crippen molar-refractivity contribution in [2.45, 2.75) is 12.1 Å². The summed E-state index contributed by atoms with van der Waals surface area (Å²) in [5, 5.41) is 9.47. The van der Waals surface area contributed by atoms with Gasteiger partial charge in [-0.25, -0.2) is 4.79 Å². The SMILES string of the molecule is O=C1CN(C(=O)O)C(c2ccccc2)C(c2ccccc2)O1. The summed E-state index contributed by atoms with van der Waals surface area (Å²) >= 11 is 0. The van der Waals surface area contributed by atoms with Crippen LogP contribution in [0.2, 0.25) is 0 Å². The van der Waals surface area contributed by atoms with Crippen LogP contribution in [0.5, 0.6) is 0 Å². The van der Waals surface area contributed by atoms with Crippen molar-refractivity contribution >= 4 is 12.1 Å². The van der Waals surface area contributed by atoms with Crippen molar-refractivity contribution in [3.8, 4) is 0 Å². The van der Waals surface area contributed by atoms with Crippen molar-refractivity contribution in [1.82, 2.24) is 4.90 Å². The van der Waals surface area contributed by atoms with Gasteiger partial charge in [0.05, 0.1) is 0 Å². The molecule has 5 heteroatoms. The molecule has 0 radical (unpaired) electrons. The predicted molar refractivity (Wildman–Crippen MR) is 79.2 cm³/mol. The first kappa shape index (κ1) is 14.1. The molecule has 3 rings (SSSR count). The lowest BCUT2D eigenvalue weighted by Gasteiger charge is -2.39. The Hall–Kier alpha value is -2.82. The number of hydrogen-bond acceptors (Lipinski definition) is 3. The highest BCUT2D eigenvalue weighted by Crippen LogP contribution is 2.39. The van der Waals surface area contributed by atoms with E-state index in [2.05, 4.69) is 0 Å². The molecule has 0 aliphatic carbocycles. The minimum Gasteiger partial charge on any atom is -0.465 e. The second kappa shape index (κ2) is 5.89. The number of hydrogen-bond donors (Lipinski definition) is 1. The first-order valence-corrected chi connectivity index (χ1v) is 6.96. The molecule has 5 nitrogen and oxygen atoms in total. The van der Waals surface area contributed by atoms with E-state index in [9.17, 15) is 14.7 Å². The van der Waals surface area contributed by atoms with Gasteiger partial charge in [0.1, 0.15) is 12.6 Å². The van der Waals surface area contributed by atoms with Crippen LogP contribution in [0.3, 0.4) is 0 Å². The summed E-state index contributed by atoms with van der Waals surface area (Å²) in [6.07, 6.45) is -1.78. The second-order valence-corrected chi connectivity index (χ2v) is 5.09. The van der Waals surface area contributed by atoms with Crippen molar-refractivity contribution in [2.75, 3.05) is 6.54 Å². The molecular formula is C17H15NO4. The molecule has 1 aliphatic rings. The summed E-state index contributed by atoms with van der Waals surface area (Å²) < 4.78 is 5.48. The van der Waals surface area contributed by atoms with Gasteiger partial charge in [0.2, 0.25) is 0 Å². The molecular weight excluding hydrogens is 282 g/mol. The van der Waals surface area contributed by atoms with Crippen LogP contribution in [0.15, 0.2) is 60.7 Å². The molecule has 0 aromatic heterocycles. The number of rotatable bonds is 2. The fraction of sp³-hybridized carbons (Fsp3) is 0.176. The Morgan fingerprint density at radius 1 is 1.00 bits per heavy atom. The Labute approximate surface area is 127 Å². The Balaban J connectivity index is 2.07. The number of carboxylic acid groups (broad SMARTS) is 1. The average molecular weight is 297 g/mol. The molecule has 2 atom stereocenters. The molecule has 1 aliphatic heterocycles. The molecule has 1 N–H and O–H groups in total. The third-order valence-electron chi connectivity index (χ3n) is 3.70. The number of nitrogens with zero attached hydrogens (tertiary/aromatic N) is 1. The number of esters is 1. The van der Waals surface area contributed by atoms with Gasteiger partial charge in [-0.05, 0) is 11.1 Å².